The van der Waals surface area contributed by atoms with E-state index in [9.17, 15) is 23.2 Å². The lowest BCUT2D eigenvalue weighted by atomic mass is 10.1. The first-order valence-electron chi connectivity index (χ1n) is 8.46. The average molecular weight is 379 g/mol. The van der Waals surface area contributed by atoms with E-state index in [0.717, 1.165) is 4.90 Å². The number of nitrogens with one attached hydrogen (secondary N) is 1. The van der Waals surface area contributed by atoms with Gasteiger partial charge in [0.2, 0.25) is 0 Å². The van der Waals surface area contributed by atoms with Crippen molar-refractivity contribution in [2.45, 2.75) is 32.2 Å². The maximum atomic E-state index is 13.5. The van der Waals surface area contributed by atoms with Gasteiger partial charge in [0.15, 0.2) is 5.78 Å². The van der Waals surface area contributed by atoms with Crippen molar-refractivity contribution in [2.24, 2.45) is 0 Å². The molecule has 27 heavy (non-hydrogen) atoms. The van der Waals surface area contributed by atoms with Crippen molar-refractivity contribution in [1.29, 1.82) is 0 Å². The molecule has 0 bridgehead atoms. The summed E-state index contributed by atoms with van der Waals surface area (Å²) in [4.78, 5) is 36.2. The number of hydrogen-bond acceptors (Lipinski definition) is 3. The Labute approximate surface area is 153 Å². The summed E-state index contributed by atoms with van der Waals surface area (Å²) in [6.07, 6.45) is 1.45. The zero-order valence-electron chi connectivity index (χ0n) is 14.7. The lowest BCUT2D eigenvalue weighted by Gasteiger charge is -2.32. The van der Waals surface area contributed by atoms with Gasteiger partial charge in [-0.15, -0.1) is 0 Å². The van der Waals surface area contributed by atoms with E-state index in [2.05, 4.69) is 5.32 Å². The monoisotopic (exact) mass is 379 g/mol. The number of urea groups is 1. The molecule has 1 aromatic carbocycles. The number of piperidine rings is 1. The van der Waals surface area contributed by atoms with E-state index in [1.54, 1.807) is 18.2 Å². The van der Waals surface area contributed by atoms with Crippen LogP contribution in [0.5, 0.6) is 0 Å². The van der Waals surface area contributed by atoms with Crippen LogP contribution in [0, 0.1) is 0 Å². The molecule has 0 atom stereocenters. The number of carbonyl (C=O) groups excluding carboxylic acids is 2. The maximum Gasteiger partial charge on any atom is 0.323 e. The van der Waals surface area contributed by atoms with Crippen LogP contribution in [-0.4, -0.2) is 51.4 Å². The number of fused-ring (bicyclic) bond motifs is 1. The SMILES string of the molecule is CC(=O)c1cn(CC(=O)O)c2ccc(NC(=O)N3CCCC(F)(F)C3)cc12. The van der Waals surface area contributed by atoms with E-state index < -0.39 is 24.5 Å². The molecule has 7 nitrogen and oxygen atoms in total. The maximum absolute atomic E-state index is 13.5. The molecule has 2 aromatic rings. The number of aromatic nitrogens is 1. The Morgan fingerprint density at radius 2 is 2.04 bits per heavy atom. The number of carboxylic acids is 1. The number of alkyl halides is 2. The minimum atomic E-state index is -2.89. The Bertz CT molecular complexity index is 923. The first kappa shape index (κ1) is 18.8. The van der Waals surface area contributed by atoms with E-state index in [1.807, 2.05) is 0 Å². The normalized spacial score (nSPS) is 16.3. The van der Waals surface area contributed by atoms with E-state index >= 15 is 0 Å². The summed E-state index contributed by atoms with van der Waals surface area (Å²) in [5, 5.41) is 12.1. The average Bonchev–Trinajstić information content (AvgIpc) is 2.91. The second-order valence-corrected chi connectivity index (χ2v) is 6.66. The quantitative estimate of drug-likeness (QED) is 0.798. The van der Waals surface area contributed by atoms with E-state index in [4.69, 9.17) is 5.11 Å². The summed E-state index contributed by atoms with van der Waals surface area (Å²) in [5.41, 5.74) is 1.20. The summed E-state index contributed by atoms with van der Waals surface area (Å²) >= 11 is 0. The molecule has 1 aliphatic heterocycles. The van der Waals surface area contributed by atoms with E-state index in [1.165, 1.54) is 17.7 Å². The first-order chi connectivity index (χ1) is 12.7. The second-order valence-electron chi connectivity index (χ2n) is 6.66. The zero-order valence-corrected chi connectivity index (χ0v) is 14.7. The van der Waals surface area contributed by atoms with Crippen LogP contribution < -0.4 is 5.32 Å². The molecule has 1 aliphatic rings. The second kappa shape index (κ2) is 6.98. The predicted molar refractivity (Wildman–Crippen MR) is 94.4 cm³/mol. The molecule has 2 N–H and O–H groups in total. The van der Waals surface area contributed by atoms with Gasteiger partial charge in [-0.1, -0.05) is 0 Å². The summed E-state index contributed by atoms with van der Waals surface area (Å²) in [6.45, 7) is 0.672. The Balaban J connectivity index is 1.87. The largest absolute Gasteiger partial charge is 0.480 e. The highest BCUT2D eigenvalue weighted by Crippen LogP contribution is 2.28. The summed E-state index contributed by atoms with van der Waals surface area (Å²) in [5.74, 6) is -4.19. The molecule has 0 saturated carbocycles. The number of benzene rings is 1. The fourth-order valence-corrected chi connectivity index (χ4v) is 3.27. The van der Waals surface area contributed by atoms with Crippen molar-refractivity contribution in [3.8, 4) is 0 Å². The molecule has 0 aliphatic carbocycles. The Morgan fingerprint density at radius 1 is 1.30 bits per heavy atom. The van der Waals surface area contributed by atoms with Gasteiger partial charge in [0, 0.05) is 41.3 Å². The van der Waals surface area contributed by atoms with Gasteiger partial charge in [0.05, 0.1) is 6.54 Å². The summed E-state index contributed by atoms with van der Waals surface area (Å²) in [6, 6.07) is 4.04. The van der Waals surface area contributed by atoms with Gasteiger partial charge in [-0.3, -0.25) is 9.59 Å². The topological polar surface area (TPSA) is 91.6 Å². The lowest BCUT2D eigenvalue weighted by Crippen LogP contribution is -2.47. The van der Waals surface area contributed by atoms with Crippen LogP contribution in [0.25, 0.3) is 10.9 Å². The number of Topliss-reactive ketones (excluding diaryl/α,β-unsaturated/α-hetero) is 1. The highest BCUT2D eigenvalue weighted by atomic mass is 19.3. The molecule has 3 rings (SSSR count). The molecule has 1 fully saturated rings. The van der Waals surface area contributed by atoms with Crippen molar-refractivity contribution < 1.29 is 28.3 Å². The number of halogens is 2. The van der Waals surface area contributed by atoms with Crippen molar-refractivity contribution in [2.75, 3.05) is 18.4 Å². The van der Waals surface area contributed by atoms with Gasteiger partial charge in [-0.2, -0.15) is 0 Å². The molecular formula is C18H19F2N3O4. The molecule has 1 saturated heterocycles. The lowest BCUT2D eigenvalue weighted by molar-refractivity contribution is -0.137. The number of carboxylic acid groups (broad SMARTS) is 1. The van der Waals surface area contributed by atoms with Crippen molar-refractivity contribution in [3.05, 3.63) is 30.0 Å². The van der Waals surface area contributed by atoms with Gasteiger partial charge in [0.1, 0.15) is 6.54 Å². The Hall–Kier alpha value is -2.97. The molecule has 0 radical (unpaired) electrons. The standard InChI is InChI=1S/C18H19F2N3O4/c1-11(24)14-8-23(9-16(25)26)15-4-3-12(7-13(14)15)21-17(27)22-6-2-5-18(19,20)10-22/h3-4,7-8H,2,5-6,9-10H2,1H3,(H,21,27)(H,25,26). The predicted octanol–water partition coefficient (Wildman–Crippen LogP) is 3.19. The number of likely N-dealkylation sites (tertiary alicyclic amines) is 1. The third-order valence-electron chi connectivity index (χ3n) is 4.50. The van der Waals surface area contributed by atoms with Crippen LogP contribution in [0.3, 0.4) is 0 Å². The molecule has 0 spiro atoms. The number of rotatable bonds is 4. The number of aliphatic carboxylic acids is 1. The van der Waals surface area contributed by atoms with Crippen LogP contribution in [0.15, 0.2) is 24.4 Å². The Kier molecular flexibility index (Phi) is 4.86. The van der Waals surface area contributed by atoms with Crippen LogP contribution in [0.2, 0.25) is 0 Å². The minimum absolute atomic E-state index is 0.228. The first-order valence-corrected chi connectivity index (χ1v) is 8.46. The Morgan fingerprint density at radius 3 is 2.67 bits per heavy atom. The molecule has 1 aromatic heterocycles. The van der Waals surface area contributed by atoms with Gasteiger partial charge < -0.3 is 19.9 Å². The number of amides is 2. The smallest absolute Gasteiger partial charge is 0.323 e. The van der Waals surface area contributed by atoms with Crippen LogP contribution in [-0.2, 0) is 11.3 Å². The van der Waals surface area contributed by atoms with E-state index in [-0.39, 0.29) is 31.7 Å². The van der Waals surface area contributed by atoms with Crippen LogP contribution >= 0.6 is 0 Å². The molecule has 9 heteroatoms. The molecule has 2 heterocycles. The van der Waals surface area contributed by atoms with Crippen LogP contribution in [0.1, 0.15) is 30.1 Å². The number of hydrogen-bond donors (Lipinski definition) is 2. The summed E-state index contributed by atoms with van der Waals surface area (Å²) < 4.78 is 28.4. The van der Waals surface area contributed by atoms with Crippen molar-refractivity contribution >= 4 is 34.4 Å². The summed E-state index contributed by atoms with van der Waals surface area (Å²) in [7, 11) is 0. The minimum Gasteiger partial charge on any atom is -0.480 e. The van der Waals surface area contributed by atoms with Crippen LogP contribution in [0.4, 0.5) is 19.3 Å². The molecular weight excluding hydrogens is 360 g/mol. The van der Waals surface area contributed by atoms with Crippen molar-refractivity contribution in [3.63, 3.8) is 0 Å². The highest BCUT2D eigenvalue weighted by Gasteiger charge is 2.37. The van der Waals surface area contributed by atoms with Crippen molar-refractivity contribution in [1.82, 2.24) is 9.47 Å². The molecule has 2 amide bonds. The fourth-order valence-electron chi connectivity index (χ4n) is 3.27. The third-order valence-corrected chi connectivity index (χ3v) is 4.50. The molecule has 0 unspecified atom stereocenters. The number of ketones is 1. The number of carbonyl (C=O) groups is 3. The number of anilines is 1. The van der Waals surface area contributed by atoms with E-state index in [0.29, 0.717) is 22.2 Å². The van der Waals surface area contributed by atoms with Gasteiger partial charge in [-0.05, 0) is 31.5 Å². The van der Waals surface area contributed by atoms with Gasteiger partial charge in [0.25, 0.3) is 5.92 Å². The zero-order chi connectivity index (χ0) is 19.8. The highest BCUT2D eigenvalue weighted by molar-refractivity contribution is 6.08. The van der Waals surface area contributed by atoms with Gasteiger partial charge in [-0.25, -0.2) is 13.6 Å². The molecule has 144 valence electrons. The number of nitrogens with zero attached hydrogens (tertiary/aromatic N) is 2. The fraction of sp³-hybridized carbons (Fsp3) is 0.389. The van der Waals surface area contributed by atoms with Gasteiger partial charge >= 0.3 is 12.0 Å². The third kappa shape index (κ3) is 4.07.